The highest BCUT2D eigenvalue weighted by Crippen LogP contribution is 2.28. The maximum absolute atomic E-state index is 11.0. The summed E-state index contributed by atoms with van der Waals surface area (Å²) in [5.74, 6) is -2.09. The molecule has 0 bridgehead atoms. The van der Waals surface area contributed by atoms with Crippen LogP contribution in [0.3, 0.4) is 0 Å². The number of carboxylic acid groups (broad SMARTS) is 2. The molecule has 1 rings (SSSR count). The van der Waals surface area contributed by atoms with Crippen LogP contribution < -0.4 is 9.64 Å². The van der Waals surface area contributed by atoms with E-state index < -0.39 is 17.9 Å². The van der Waals surface area contributed by atoms with Gasteiger partial charge < -0.3 is 19.8 Å². The van der Waals surface area contributed by atoms with Crippen LogP contribution in [-0.4, -0.2) is 41.8 Å². The van der Waals surface area contributed by atoms with Crippen LogP contribution in [-0.2, 0) is 9.59 Å². The molecule has 0 radical (unpaired) electrons. The zero-order chi connectivity index (χ0) is 15.8. The van der Waals surface area contributed by atoms with Crippen molar-refractivity contribution in [2.45, 2.75) is 20.3 Å². The number of ether oxygens (including phenoxy) is 1. The quantitative estimate of drug-likeness (QED) is 0.725. The number of aliphatic carboxylic acids is 2. The summed E-state index contributed by atoms with van der Waals surface area (Å²) in [5, 5.41) is 18.1. The van der Waals surface area contributed by atoms with Gasteiger partial charge in [-0.25, -0.2) is 0 Å². The molecule has 1 aromatic rings. The highest BCUT2D eigenvalue weighted by Gasteiger charge is 2.21. The minimum atomic E-state index is -1.02. The molecule has 0 aliphatic carbocycles. The van der Waals surface area contributed by atoms with E-state index in [0.29, 0.717) is 18.0 Å². The van der Waals surface area contributed by atoms with Crippen molar-refractivity contribution in [1.82, 2.24) is 0 Å². The summed E-state index contributed by atoms with van der Waals surface area (Å²) in [6.07, 6.45) is 0.832. The molecule has 0 saturated carbocycles. The molecule has 6 nitrogen and oxygen atoms in total. The molecule has 1 unspecified atom stereocenters. The molecule has 0 amide bonds. The predicted octanol–water partition coefficient (Wildman–Crippen LogP) is 2.09. The lowest BCUT2D eigenvalue weighted by molar-refractivity contribution is -0.141. The van der Waals surface area contributed by atoms with E-state index in [2.05, 4.69) is 0 Å². The number of anilines is 1. The third-order valence-corrected chi connectivity index (χ3v) is 2.91. The summed E-state index contributed by atoms with van der Waals surface area (Å²) in [5.41, 5.74) is 0.599. The van der Waals surface area contributed by atoms with Crippen molar-refractivity contribution in [3.63, 3.8) is 0 Å². The number of carboxylic acids is 2. The second kappa shape index (κ2) is 8.14. The van der Waals surface area contributed by atoms with Gasteiger partial charge in [0.1, 0.15) is 12.3 Å². The Morgan fingerprint density at radius 3 is 2.52 bits per heavy atom. The molecule has 116 valence electrons. The first-order chi connectivity index (χ1) is 9.95. The van der Waals surface area contributed by atoms with Crippen LogP contribution in [0, 0.1) is 5.92 Å². The molecule has 0 fully saturated rings. The van der Waals surface area contributed by atoms with E-state index in [9.17, 15) is 9.59 Å². The maximum atomic E-state index is 11.0. The van der Waals surface area contributed by atoms with E-state index in [0.717, 1.165) is 6.42 Å². The van der Waals surface area contributed by atoms with Gasteiger partial charge in [0.15, 0.2) is 0 Å². The summed E-state index contributed by atoms with van der Waals surface area (Å²) in [6, 6.07) is 7.07. The summed E-state index contributed by atoms with van der Waals surface area (Å²) >= 11 is 0. The van der Waals surface area contributed by atoms with Crippen LogP contribution in [0.5, 0.6) is 5.75 Å². The second-order valence-corrected chi connectivity index (χ2v) is 4.83. The van der Waals surface area contributed by atoms with E-state index in [4.69, 9.17) is 14.9 Å². The lowest BCUT2D eigenvalue weighted by Gasteiger charge is -2.26. The summed E-state index contributed by atoms with van der Waals surface area (Å²) < 4.78 is 5.61. The fourth-order valence-corrected chi connectivity index (χ4v) is 1.87. The van der Waals surface area contributed by atoms with Gasteiger partial charge in [-0.3, -0.25) is 9.59 Å². The van der Waals surface area contributed by atoms with Crippen molar-refractivity contribution in [3.8, 4) is 5.75 Å². The number of nitrogens with zero attached hydrogens (tertiary/aromatic N) is 1. The molecule has 0 aliphatic heterocycles. The van der Waals surface area contributed by atoms with Gasteiger partial charge in [-0.15, -0.1) is 0 Å². The lowest BCUT2D eigenvalue weighted by Crippen LogP contribution is -2.36. The minimum absolute atomic E-state index is 0.105. The smallest absolute Gasteiger partial charge is 0.323 e. The van der Waals surface area contributed by atoms with Gasteiger partial charge in [0, 0.05) is 6.54 Å². The zero-order valence-electron chi connectivity index (χ0n) is 12.3. The average molecular weight is 295 g/mol. The predicted molar refractivity (Wildman–Crippen MR) is 78.9 cm³/mol. The van der Waals surface area contributed by atoms with Crippen LogP contribution in [0.2, 0.25) is 0 Å². The summed E-state index contributed by atoms with van der Waals surface area (Å²) in [6.45, 7) is 3.88. The monoisotopic (exact) mass is 295 g/mol. The van der Waals surface area contributed by atoms with Crippen molar-refractivity contribution in [2.24, 2.45) is 5.92 Å². The Bertz CT molecular complexity index is 489. The van der Waals surface area contributed by atoms with Crippen molar-refractivity contribution >= 4 is 17.6 Å². The van der Waals surface area contributed by atoms with Crippen LogP contribution in [0.25, 0.3) is 0 Å². The SMILES string of the molecule is CCCOc1ccccc1N(CC(=O)O)CC(C)C(=O)O. The molecule has 0 aromatic heterocycles. The third-order valence-electron chi connectivity index (χ3n) is 2.91. The number of hydrogen-bond acceptors (Lipinski definition) is 4. The van der Waals surface area contributed by atoms with E-state index in [-0.39, 0.29) is 13.1 Å². The number of rotatable bonds is 9. The first-order valence-corrected chi connectivity index (χ1v) is 6.87. The first-order valence-electron chi connectivity index (χ1n) is 6.87. The zero-order valence-corrected chi connectivity index (χ0v) is 12.3. The standard InChI is InChI=1S/C15H21NO5/c1-3-8-21-13-7-5-4-6-12(13)16(10-14(17)18)9-11(2)15(19)20/h4-7,11H,3,8-10H2,1-2H3,(H,17,18)(H,19,20). The van der Waals surface area contributed by atoms with Crippen molar-refractivity contribution in [3.05, 3.63) is 24.3 Å². The lowest BCUT2D eigenvalue weighted by atomic mass is 10.1. The molecule has 0 spiro atoms. The fraction of sp³-hybridized carbons (Fsp3) is 0.467. The summed E-state index contributed by atoms with van der Waals surface area (Å²) in [4.78, 5) is 23.6. The van der Waals surface area contributed by atoms with Crippen LogP contribution in [0.1, 0.15) is 20.3 Å². The molecule has 2 N–H and O–H groups in total. The van der Waals surface area contributed by atoms with E-state index in [1.807, 2.05) is 6.92 Å². The van der Waals surface area contributed by atoms with Gasteiger partial charge in [-0.2, -0.15) is 0 Å². The average Bonchev–Trinajstić information content (AvgIpc) is 2.44. The Labute approximate surface area is 124 Å². The fourth-order valence-electron chi connectivity index (χ4n) is 1.87. The molecule has 6 heteroatoms. The number of carbonyl (C=O) groups is 2. The van der Waals surface area contributed by atoms with Crippen LogP contribution in [0.15, 0.2) is 24.3 Å². The molecule has 1 aromatic carbocycles. The number of hydrogen-bond donors (Lipinski definition) is 2. The topological polar surface area (TPSA) is 87.1 Å². The Morgan fingerprint density at radius 2 is 1.95 bits per heavy atom. The molecule has 0 aliphatic rings. The van der Waals surface area contributed by atoms with Gasteiger partial charge in [0.05, 0.1) is 18.2 Å². The van der Waals surface area contributed by atoms with Gasteiger partial charge in [0.25, 0.3) is 0 Å². The van der Waals surface area contributed by atoms with Crippen molar-refractivity contribution in [1.29, 1.82) is 0 Å². The number of benzene rings is 1. The van der Waals surface area contributed by atoms with E-state index in [1.54, 1.807) is 31.2 Å². The molecule has 1 atom stereocenters. The molecule has 0 saturated heterocycles. The molecular formula is C15H21NO5. The Kier molecular flexibility index (Phi) is 6.52. The van der Waals surface area contributed by atoms with Gasteiger partial charge in [-0.1, -0.05) is 26.0 Å². The maximum Gasteiger partial charge on any atom is 0.323 e. The molecule has 21 heavy (non-hydrogen) atoms. The molecular weight excluding hydrogens is 274 g/mol. The van der Waals surface area contributed by atoms with E-state index in [1.165, 1.54) is 4.90 Å². The largest absolute Gasteiger partial charge is 0.491 e. The van der Waals surface area contributed by atoms with Crippen molar-refractivity contribution < 1.29 is 24.5 Å². The number of para-hydroxylation sites is 2. The minimum Gasteiger partial charge on any atom is -0.491 e. The first kappa shape index (κ1) is 16.8. The molecule has 0 heterocycles. The Hall–Kier alpha value is -2.24. The highest BCUT2D eigenvalue weighted by atomic mass is 16.5. The highest BCUT2D eigenvalue weighted by molar-refractivity contribution is 5.76. The van der Waals surface area contributed by atoms with Gasteiger partial charge in [-0.05, 0) is 18.6 Å². The van der Waals surface area contributed by atoms with Crippen molar-refractivity contribution in [2.75, 3.05) is 24.6 Å². The summed E-state index contributed by atoms with van der Waals surface area (Å²) in [7, 11) is 0. The third kappa shape index (κ3) is 5.33. The van der Waals surface area contributed by atoms with Gasteiger partial charge >= 0.3 is 11.9 Å². The van der Waals surface area contributed by atoms with Gasteiger partial charge in [0.2, 0.25) is 0 Å². The Morgan fingerprint density at radius 1 is 1.29 bits per heavy atom. The second-order valence-electron chi connectivity index (χ2n) is 4.83. The van der Waals surface area contributed by atoms with Crippen LogP contribution >= 0.6 is 0 Å². The van der Waals surface area contributed by atoms with E-state index >= 15 is 0 Å². The van der Waals surface area contributed by atoms with Crippen LogP contribution in [0.4, 0.5) is 5.69 Å². The normalized spacial score (nSPS) is 11.7. The Balaban J connectivity index is 3.01.